The topological polar surface area (TPSA) is 100 Å². The fourth-order valence-electron chi connectivity index (χ4n) is 1.58. The second kappa shape index (κ2) is 4.63. The quantitative estimate of drug-likeness (QED) is 0.769. The molecular formula is C11H11N5O. The summed E-state index contributed by atoms with van der Waals surface area (Å²) in [6.45, 7) is 0.417. The number of nitrogens with one attached hydrogen (secondary N) is 1. The number of nitrogens with zero attached hydrogens (tertiary/aromatic N) is 3. The molecule has 3 N–H and O–H groups in total. The summed E-state index contributed by atoms with van der Waals surface area (Å²) in [6.07, 6.45) is 0.513. The van der Waals surface area contributed by atoms with Gasteiger partial charge in [-0.1, -0.05) is 0 Å². The number of aromatic nitrogens is 3. The van der Waals surface area contributed by atoms with Crippen molar-refractivity contribution < 1.29 is 0 Å². The highest BCUT2D eigenvalue weighted by molar-refractivity contribution is 5.39. The van der Waals surface area contributed by atoms with Crippen molar-refractivity contribution in [3.63, 3.8) is 0 Å². The van der Waals surface area contributed by atoms with Gasteiger partial charge in [-0.15, -0.1) is 0 Å². The summed E-state index contributed by atoms with van der Waals surface area (Å²) < 4.78 is 1.45. The Morgan fingerprint density at radius 1 is 1.41 bits per heavy atom. The van der Waals surface area contributed by atoms with Gasteiger partial charge in [0.05, 0.1) is 17.3 Å². The monoisotopic (exact) mass is 229 g/mol. The summed E-state index contributed by atoms with van der Waals surface area (Å²) >= 11 is 0. The molecule has 6 nitrogen and oxygen atoms in total. The molecule has 2 aromatic rings. The Balaban J connectivity index is 2.48. The first-order valence-electron chi connectivity index (χ1n) is 5.13. The highest BCUT2D eigenvalue weighted by atomic mass is 16.1. The molecule has 1 aromatic heterocycles. The van der Waals surface area contributed by atoms with Crippen molar-refractivity contribution >= 4 is 0 Å². The molecule has 0 spiro atoms. The van der Waals surface area contributed by atoms with Gasteiger partial charge in [-0.05, 0) is 30.8 Å². The van der Waals surface area contributed by atoms with E-state index in [1.165, 1.54) is 4.57 Å². The van der Waals surface area contributed by atoms with Crippen LogP contribution >= 0.6 is 0 Å². The summed E-state index contributed by atoms with van der Waals surface area (Å²) in [6, 6.07) is 8.74. The van der Waals surface area contributed by atoms with Crippen LogP contribution in [0.4, 0.5) is 0 Å². The van der Waals surface area contributed by atoms with E-state index in [9.17, 15) is 4.79 Å². The van der Waals surface area contributed by atoms with Crippen LogP contribution in [0.3, 0.4) is 0 Å². The van der Waals surface area contributed by atoms with Gasteiger partial charge in [0.2, 0.25) is 0 Å². The first kappa shape index (κ1) is 11.1. The molecule has 0 saturated carbocycles. The molecule has 0 radical (unpaired) electrons. The van der Waals surface area contributed by atoms with Gasteiger partial charge >= 0.3 is 5.69 Å². The van der Waals surface area contributed by atoms with Crippen molar-refractivity contribution in [1.29, 1.82) is 5.26 Å². The Kier molecular flexibility index (Phi) is 3.03. The van der Waals surface area contributed by atoms with Gasteiger partial charge in [-0.25, -0.2) is 14.5 Å². The number of rotatable bonds is 3. The summed E-state index contributed by atoms with van der Waals surface area (Å²) in [5, 5.41) is 15.0. The van der Waals surface area contributed by atoms with Crippen LogP contribution in [-0.4, -0.2) is 21.3 Å². The molecule has 0 aliphatic heterocycles. The minimum absolute atomic E-state index is 0.307. The molecule has 86 valence electrons. The molecule has 1 heterocycles. The minimum atomic E-state index is -0.307. The zero-order chi connectivity index (χ0) is 12.3. The Morgan fingerprint density at radius 2 is 2.12 bits per heavy atom. The molecule has 0 fully saturated rings. The van der Waals surface area contributed by atoms with E-state index in [1.807, 2.05) is 6.07 Å². The third-order valence-electron chi connectivity index (χ3n) is 2.36. The van der Waals surface area contributed by atoms with E-state index in [0.29, 0.717) is 30.0 Å². The van der Waals surface area contributed by atoms with Crippen molar-refractivity contribution in [3.05, 3.63) is 46.1 Å². The van der Waals surface area contributed by atoms with Crippen molar-refractivity contribution in [3.8, 4) is 11.8 Å². The van der Waals surface area contributed by atoms with Gasteiger partial charge in [-0.2, -0.15) is 10.4 Å². The molecule has 1 aromatic carbocycles. The van der Waals surface area contributed by atoms with Gasteiger partial charge in [0, 0.05) is 6.42 Å². The third-order valence-corrected chi connectivity index (χ3v) is 2.36. The number of benzene rings is 1. The molecule has 0 atom stereocenters. The fraction of sp³-hybridized carbons (Fsp3) is 0.182. The van der Waals surface area contributed by atoms with Crippen LogP contribution < -0.4 is 11.4 Å². The van der Waals surface area contributed by atoms with Crippen molar-refractivity contribution in [2.45, 2.75) is 6.42 Å². The van der Waals surface area contributed by atoms with Crippen LogP contribution in [0.1, 0.15) is 11.4 Å². The summed E-state index contributed by atoms with van der Waals surface area (Å²) in [7, 11) is 0. The van der Waals surface area contributed by atoms with Crippen LogP contribution in [0.2, 0.25) is 0 Å². The first-order valence-corrected chi connectivity index (χ1v) is 5.13. The molecule has 0 saturated heterocycles. The van der Waals surface area contributed by atoms with E-state index in [2.05, 4.69) is 10.2 Å². The SMILES string of the molecule is N#Cc1ccc(-n2c(CCN)n[nH]c2=O)cc1. The molecule has 17 heavy (non-hydrogen) atoms. The second-order valence-electron chi connectivity index (χ2n) is 3.48. The normalized spacial score (nSPS) is 10.1. The largest absolute Gasteiger partial charge is 0.347 e. The highest BCUT2D eigenvalue weighted by Crippen LogP contribution is 2.08. The van der Waals surface area contributed by atoms with Gasteiger partial charge in [-0.3, -0.25) is 0 Å². The molecule has 6 heteroatoms. The zero-order valence-corrected chi connectivity index (χ0v) is 9.05. The van der Waals surface area contributed by atoms with E-state index in [0.717, 1.165) is 0 Å². The van der Waals surface area contributed by atoms with E-state index >= 15 is 0 Å². The lowest BCUT2D eigenvalue weighted by atomic mass is 10.2. The summed E-state index contributed by atoms with van der Waals surface area (Å²) in [4.78, 5) is 11.6. The smallest absolute Gasteiger partial charge is 0.330 e. The zero-order valence-electron chi connectivity index (χ0n) is 9.05. The maximum Gasteiger partial charge on any atom is 0.347 e. The predicted octanol–water partition coefficient (Wildman–Crippen LogP) is -0.0665. The average molecular weight is 229 g/mol. The third kappa shape index (κ3) is 2.09. The number of aromatic amines is 1. The summed E-state index contributed by atoms with van der Waals surface area (Å²) in [5.41, 5.74) is 6.36. The molecule has 0 bridgehead atoms. The number of nitriles is 1. The van der Waals surface area contributed by atoms with Gasteiger partial charge in [0.15, 0.2) is 0 Å². The van der Waals surface area contributed by atoms with E-state index in [1.54, 1.807) is 24.3 Å². The number of nitrogens with two attached hydrogens (primary N) is 1. The van der Waals surface area contributed by atoms with E-state index in [4.69, 9.17) is 11.0 Å². The summed E-state index contributed by atoms with van der Waals surface area (Å²) in [5.74, 6) is 0.585. The number of hydrogen-bond acceptors (Lipinski definition) is 4. The lowest BCUT2D eigenvalue weighted by Gasteiger charge is -2.04. The van der Waals surface area contributed by atoms with Crippen molar-refractivity contribution in [2.24, 2.45) is 5.73 Å². The van der Waals surface area contributed by atoms with Crippen LogP contribution in [-0.2, 0) is 6.42 Å². The Hall–Kier alpha value is -2.39. The Bertz CT molecular complexity index is 602. The number of hydrogen-bond donors (Lipinski definition) is 2. The number of H-pyrrole nitrogens is 1. The maximum atomic E-state index is 11.6. The molecule has 0 aliphatic rings. The maximum absolute atomic E-state index is 11.6. The van der Waals surface area contributed by atoms with E-state index < -0.39 is 0 Å². The lowest BCUT2D eigenvalue weighted by Crippen LogP contribution is -2.18. The van der Waals surface area contributed by atoms with Crippen LogP contribution in [0.5, 0.6) is 0 Å². The van der Waals surface area contributed by atoms with Gasteiger partial charge in [0.1, 0.15) is 5.82 Å². The minimum Gasteiger partial charge on any atom is -0.330 e. The van der Waals surface area contributed by atoms with E-state index in [-0.39, 0.29) is 5.69 Å². The van der Waals surface area contributed by atoms with Crippen LogP contribution in [0.25, 0.3) is 5.69 Å². The molecule has 0 aliphatic carbocycles. The predicted molar refractivity (Wildman–Crippen MR) is 61.7 cm³/mol. The van der Waals surface area contributed by atoms with Crippen LogP contribution in [0.15, 0.2) is 29.1 Å². The Labute approximate surface area is 97.3 Å². The van der Waals surface area contributed by atoms with Gasteiger partial charge in [0.25, 0.3) is 0 Å². The fourth-order valence-corrected chi connectivity index (χ4v) is 1.58. The first-order chi connectivity index (χ1) is 8.26. The molecule has 0 unspecified atom stereocenters. The molecule has 0 amide bonds. The average Bonchev–Trinajstić information content (AvgIpc) is 2.71. The van der Waals surface area contributed by atoms with Crippen LogP contribution in [0, 0.1) is 11.3 Å². The Morgan fingerprint density at radius 3 is 2.71 bits per heavy atom. The van der Waals surface area contributed by atoms with Crippen molar-refractivity contribution in [1.82, 2.24) is 14.8 Å². The standard InChI is InChI=1S/C11H11N5O/c12-6-5-10-14-15-11(17)16(10)9-3-1-8(7-13)2-4-9/h1-4H,5-6,12H2,(H,15,17). The van der Waals surface area contributed by atoms with Crippen molar-refractivity contribution in [2.75, 3.05) is 6.54 Å². The molecular weight excluding hydrogens is 218 g/mol. The lowest BCUT2D eigenvalue weighted by molar-refractivity contribution is 0.824. The second-order valence-corrected chi connectivity index (χ2v) is 3.48. The van der Waals surface area contributed by atoms with Gasteiger partial charge < -0.3 is 5.73 Å². The molecule has 2 rings (SSSR count). The highest BCUT2D eigenvalue weighted by Gasteiger charge is 2.09.